The Balaban J connectivity index is 2.14. The number of nitrogens with zero attached hydrogens (tertiary/aromatic N) is 3. The number of primary amides is 1. The average Bonchev–Trinajstić information content (AvgIpc) is 2.37. The number of anilines is 1. The van der Waals surface area contributed by atoms with Crippen LogP contribution in [0.1, 0.15) is 27.3 Å². The highest BCUT2D eigenvalue weighted by Gasteiger charge is 2.07. The van der Waals surface area contributed by atoms with Crippen LogP contribution in [0.2, 0.25) is 0 Å². The molecular formula is C15H18N4O. The minimum absolute atomic E-state index is 0.409. The molecule has 2 aromatic heterocycles. The number of aromatic nitrogens is 2. The molecule has 0 fully saturated rings. The number of hydrogen-bond acceptors (Lipinski definition) is 4. The number of pyridine rings is 2. The van der Waals surface area contributed by atoms with E-state index in [0.29, 0.717) is 12.1 Å². The zero-order valence-electron chi connectivity index (χ0n) is 11.9. The highest BCUT2D eigenvalue weighted by Crippen LogP contribution is 2.13. The second kappa shape index (κ2) is 5.69. The van der Waals surface area contributed by atoms with Crippen molar-refractivity contribution < 1.29 is 4.79 Å². The Labute approximate surface area is 118 Å². The van der Waals surface area contributed by atoms with Gasteiger partial charge in [0.25, 0.3) is 0 Å². The van der Waals surface area contributed by atoms with Gasteiger partial charge in [0, 0.05) is 18.9 Å². The Morgan fingerprint density at radius 2 is 2.05 bits per heavy atom. The summed E-state index contributed by atoms with van der Waals surface area (Å²) in [6, 6.07) is 7.56. The van der Waals surface area contributed by atoms with Crippen molar-refractivity contribution in [1.29, 1.82) is 0 Å². The van der Waals surface area contributed by atoms with Crippen LogP contribution >= 0.6 is 0 Å². The van der Waals surface area contributed by atoms with Crippen LogP contribution in [-0.4, -0.2) is 22.9 Å². The number of rotatable bonds is 4. The number of carbonyl (C=O) groups excluding carboxylic acids is 1. The van der Waals surface area contributed by atoms with E-state index in [4.69, 9.17) is 5.73 Å². The van der Waals surface area contributed by atoms with Crippen LogP contribution in [0.5, 0.6) is 0 Å². The monoisotopic (exact) mass is 270 g/mol. The molecule has 1 amide bonds. The van der Waals surface area contributed by atoms with E-state index in [1.54, 1.807) is 12.1 Å². The van der Waals surface area contributed by atoms with Gasteiger partial charge < -0.3 is 10.6 Å². The maximum absolute atomic E-state index is 11.0. The summed E-state index contributed by atoms with van der Waals surface area (Å²) in [5.74, 6) is 0.304. The molecule has 5 nitrogen and oxygen atoms in total. The van der Waals surface area contributed by atoms with Gasteiger partial charge in [0.2, 0.25) is 5.91 Å². The normalized spacial score (nSPS) is 10.3. The fraction of sp³-hybridized carbons (Fsp3) is 0.267. The van der Waals surface area contributed by atoms with Gasteiger partial charge in [-0.05, 0) is 43.7 Å². The zero-order chi connectivity index (χ0) is 14.7. The second-order valence-electron chi connectivity index (χ2n) is 4.90. The van der Waals surface area contributed by atoms with E-state index in [-0.39, 0.29) is 0 Å². The third-order valence-corrected chi connectivity index (χ3v) is 2.97. The molecule has 0 bridgehead atoms. The summed E-state index contributed by atoms with van der Waals surface area (Å²) in [4.78, 5) is 21.7. The van der Waals surface area contributed by atoms with Gasteiger partial charge in [-0.2, -0.15) is 0 Å². The maximum Gasteiger partial charge on any atom is 0.250 e. The Morgan fingerprint density at radius 1 is 1.30 bits per heavy atom. The topological polar surface area (TPSA) is 72.1 Å². The zero-order valence-corrected chi connectivity index (χ0v) is 11.9. The minimum atomic E-state index is -0.470. The van der Waals surface area contributed by atoms with Crippen LogP contribution in [0.4, 0.5) is 5.82 Å². The molecule has 2 N–H and O–H groups in total. The molecule has 104 valence electrons. The van der Waals surface area contributed by atoms with Crippen molar-refractivity contribution in [3.8, 4) is 0 Å². The molecule has 0 radical (unpaired) electrons. The van der Waals surface area contributed by atoms with Crippen molar-refractivity contribution in [1.82, 2.24) is 9.97 Å². The second-order valence-corrected chi connectivity index (χ2v) is 4.90. The molecule has 2 aromatic rings. The van der Waals surface area contributed by atoms with Crippen LogP contribution in [0.3, 0.4) is 0 Å². The molecule has 5 heteroatoms. The summed E-state index contributed by atoms with van der Waals surface area (Å²) in [6.07, 6.45) is 1.49. The largest absolute Gasteiger partial charge is 0.366 e. The summed E-state index contributed by atoms with van der Waals surface area (Å²) in [7, 11) is 1.94. The molecule has 0 aliphatic heterocycles. The lowest BCUT2D eigenvalue weighted by Gasteiger charge is -2.18. The van der Waals surface area contributed by atoms with Crippen LogP contribution in [0.15, 0.2) is 30.5 Å². The van der Waals surface area contributed by atoms with Gasteiger partial charge in [0.15, 0.2) is 0 Å². The standard InChI is InChI=1S/C15H18N4O/c1-10-6-11(2)18-13(7-10)9-19(3)14-5-4-12(8-17-14)15(16)20/h4-8H,9H2,1-3H3,(H2,16,20). The van der Waals surface area contributed by atoms with Gasteiger partial charge in [-0.1, -0.05) is 0 Å². The SMILES string of the molecule is Cc1cc(C)nc(CN(C)c2ccc(C(N)=O)cn2)c1. The van der Waals surface area contributed by atoms with Gasteiger partial charge >= 0.3 is 0 Å². The Morgan fingerprint density at radius 3 is 2.60 bits per heavy atom. The van der Waals surface area contributed by atoms with E-state index in [2.05, 4.69) is 23.0 Å². The summed E-state index contributed by atoms with van der Waals surface area (Å²) in [5, 5.41) is 0. The van der Waals surface area contributed by atoms with E-state index < -0.39 is 5.91 Å². The Bertz CT molecular complexity index is 602. The fourth-order valence-electron chi connectivity index (χ4n) is 2.09. The van der Waals surface area contributed by atoms with Gasteiger partial charge in [0.05, 0.1) is 17.8 Å². The van der Waals surface area contributed by atoms with Crippen LogP contribution in [0, 0.1) is 13.8 Å². The van der Waals surface area contributed by atoms with Crippen molar-refractivity contribution in [3.05, 3.63) is 53.0 Å². The third-order valence-electron chi connectivity index (χ3n) is 2.97. The van der Waals surface area contributed by atoms with Crippen LogP contribution in [0.25, 0.3) is 0 Å². The average molecular weight is 270 g/mol. The number of carbonyl (C=O) groups is 1. The molecular weight excluding hydrogens is 252 g/mol. The molecule has 2 rings (SSSR count). The summed E-state index contributed by atoms with van der Waals surface area (Å²) >= 11 is 0. The lowest BCUT2D eigenvalue weighted by Crippen LogP contribution is -2.19. The number of aryl methyl sites for hydroxylation is 2. The molecule has 0 aliphatic rings. The summed E-state index contributed by atoms with van der Waals surface area (Å²) < 4.78 is 0. The summed E-state index contributed by atoms with van der Waals surface area (Å²) in [6.45, 7) is 4.69. The molecule has 0 atom stereocenters. The number of nitrogens with two attached hydrogens (primary N) is 1. The van der Waals surface area contributed by atoms with E-state index >= 15 is 0 Å². The van der Waals surface area contributed by atoms with Crippen molar-refractivity contribution in [2.75, 3.05) is 11.9 Å². The third kappa shape index (κ3) is 3.32. The first-order chi connectivity index (χ1) is 9.45. The molecule has 0 saturated carbocycles. The molecule has 0 unspecified atom stereocenters. The quantitative estimate of drug-likeness (QED) is 0.920. The van der Waals surface area contributed by atoms with Gasteiger partial charge in [-0.25, -0.2) is 4.98 Å². The molecule has 0 spiro atoms. The van der Waals surface area contributed by atoms with Crippen molar-refractivity contribution in [2.45, 2.75) is 20.4 Å². The maximum atomic E-state index is 11.0. The summed E-state index contributed by atoms with van der Waals surface area (Å²) in [5.41, 5.74) is 8.79. The molecule has 20 heavy (non-hydrogen) atoms. The highest BCUT2D eigenvalue weighted by atomic mass is 16.1. The van der Waals surface area contributed by atoms with E-state index in [9.17, 15) is 4.79 Å². The molecule has 0 saturated heterocycles. The van der Waals surface area contributed by atoms with E-state index in [0.717, 1.165) is 17.2 Å². The van der Waals surface area contributed by atoms with Crippen LogP contribution < -0.4 is 10.6 Å². The van der Waals surface area contributed by atoms with Crippen molar-refractivity contribution in [3.63, 3.8) is 0 Å². The minimum Gasteiger partial charge on any atom is -0.366 e. The van der Waals surface area contributed by atoms with E-state index in [1.165, 1.54) is 11.8 Å². The van der Waals surface area contributed by atoms with Gasteiger partial charge in [0.1, 0.15) is 5.82 Å². The number of amides is 1. The molecule has 2 heterocycles. The molecule has 0 aliphatic carbocycles. The van der Waals surface area contributed by atoms with Crippen molar-refractivity contribution in [2.24, 2.45) is 5.73 Å². The first kappa shape index (κ1) is 14.0. The van der Waals surface area contributed by atoms with Crippen LogP contribution in [-0.2, 0) is 6.54 Å². The highest BCUT2D eigenvalue weighted by molar-refractivity contribution is 5.92. The first-order valence-electron chi connectivity index (χ1n) is 6.37. The van der Waals surface area contributed by atoms with Gasteiger partial charge in [-0.15, -0.1) is 0 Å². The predicted octanol–water partition coefficient (Wildman–Crippen LogP) is 1.83. The Hall–Kier alpha value is -2.43. The lowest BCUT2D eigenvalue weighted by atomic mass is 10.2. The van der Waals surface area contributed by atoms with Gasteiger partial charge in [-0.3, -0.25) is 9.78 Å². The molecule has 0 aromatic carbocycles. The predicted molar refractivity (Wildman–Crippen MR) is 78.6 cm³/mol. The number of hydrogen-bond donors (Lipinski definition) is 1. The lowest BCUT2D eigenvalue weighted by molar-refractivity contribution is 0.1000. The fourth-order valence-corrected chi connectivity index (χ4v) is 2.09. The first-order valence-corrected chi connectivity index (χ1v) is 6.37. The smallest absolute Gasteiger partial charge is 0.250 e. The van der Waals surface area contributed by atoms with E-state index in [1.807, 2.05) is 24.9 Å². The Kier molecular flexibility index (Phi) is 3.98. The van der Waals surface area contributed by atoms with Crippen molar-refractivity contribution >= 4 is 11.7 Å².